The summed E-state index contributed by atoms with van der Waals surface area (Å²) in [6.45, 7) is 4.96. The van der Waals surface area contributed by atoms with Crippen LogP contribution in [0.15, 0.2) is 42.5 Å². The van der Waals surface area contributed by atoms with Gasteiger partial charge in [-0.1, -0.05) is 36.7 Å². The van der Waals surface area contributed by atoms with Crippen LogP contribution >= 0.6 is 11.6 Å². The Labute approximate surface area is 131 Å². The summed E-state index contributed by atoms with van der Waals surface area (Å²) in [7, 11) is 0. The van der Waals surface area contributed by atoms with Crippen LogP contribution in [0.3, 0.4) is 0 Å². The molecule has 2 aromatic carbocycles. The topological polar surface area (TPSA) is 12.0 Å². The second-order valence-corrected chi connectivity index (χ2v) is 5.84. The Hall–Kier alpha value is -1.38. The number of nitrogens with one attached hydrogen (secondary N) is 1. The Bertz CT molecular complexity index is 560. The first-order valence-electron chi connectivity index (χ1n) is 7.33. The number of hydrogen-bond acceptors (Lipinski definition) is 1. The van der Waals surface area contributed by atoms with Gasteiger partial charge in [0.05, 0.1) is 0 Å². The van der Waals surface area contributed by atoms with Crippen molar-refractivity contribution in [3.63, 3.8) is 0 Å². The van der Waals surface area contributed by atoms with Gasteiger partial charge in [-0.2, -0.15) is 0 Å². The molecular formula is C18H21ClFN. The summed E-state index contributed by atoms with van der Waals surface area (Å²) in [6, 6.07) is 13.2. The van der Waals surface area contributed by atoms with Crippen LogP contribution in [0.5, 0.6) is 0 Å². The fourth-order valence-corrected chi connectivity index (χ4v) is 2.57. The molecule has 0 aromatic heterocycles. The summed E-state index contributed by atoms with van der Waals surface area (Å²) in [6.07, 6.45) is 1.87. The van der Waals surface area contributed by atoms with E-state index in [4.69, 9.17) is 11.6 Å². The maximum Gasteiger partial charge on any atom is 0.123 e. The van der Waals surface area contributed by atoms with E-state index in [1.807, 2.05) is 37.3 Å². The predicted octanol–water partition coefficient (Wildman–Crippen LogP) is 5.07. The van der Waals surface area contributed by atoms with Crippen LogP contribution in [0.25, 0.3) is 0 Å². The van der Waals surface area contributed by atoms with Crippen LogP contribution in [-0.4, -0.2) is 6.54 Å². The molecule has 0 radical (unpaired) electrons. The standard InChI is InChI=1S/C18H21ClFN/c1-3-8-21-18(11-14-4-6-16(19)7-5-14)15-9-13(2)10-17(20)12-15/h4-7,9-10,12,18,21H,3,8,11H2,1-2H3. The molecule has 2 aromatic rings. The smallest absolute Gasteiger partial charge is 0.123 e. The molecule has 0 saturated heterocycles. The van der Waals surface area contributed by atoms with Gasteiger partial charge in [0, 0.05) is 11.1 Å². The molecule has 0 fully saturated rings. The Morgan fingerprint density at radius 2 is 1.86 bits per heavy atom. The van der Waals surface area contributed by atoms with Crippen LogP contribution < -0.4 is 5.32 Å². The Kier molecular flexibility index (Phi) is 5.77. The summed E-state index contributed by atoms with van der Waals surface area (Å²) < 4.78 is 13.7. The number of benzene rings is 2. The summed E-state index contributed by atoms with van der Waals surface area (Å²) in [5.41, 5.74) is 3.13. The van der Waals surface area contributed by atoms with Crippen molar-refractivity contribution in [1.82, 2.24) is 5.32 Å². The summed E-state index contributed by atoms with van der Waals surface area (Å²) in [5.74, 6) is -0.176. The lowest BCUT2D eigenvalue weighted by Gasteiger charge is -2.20. The Balaban J connectivity index is 2.22. The van der Waals surface area contributed by atoms with Crippen molar-refractivity contribution >= 4 is 11.6 Å². The van der Waals surface area contributed by atoms with Gasteiger partial charge >= 0.3 is 0 Å². The molecule has 0 aliphatic rings. The van der Waals surface area contributed by atoms with Gasteiger partial charge in [0.1, 0.15) is 5.82 Å². The van der Waals surface area contributed by atoms with Crippen molar-refractivity contribution in [2.75, 3.05) is 6.54 Å². The van der Waals surface area contributed by atoms with Crippen molar-refractivity contribution in [2.45, 2.75) is 32.7 Å². The third-order valence-corrected chi connectivity index (χ3v) is 3.71. The lowest BCUT2D eigenvalue weighted by Crippen LogP contribution is -2.24. The van der Waals surface area contributed by atoms with E-state index in [1.165, 1.54) is 5.56 Å². The maximum absolute atomic E-state index is 13.7. The van der Waals surface area contributed by atoms with Gasteiger partial charge in [0.25, 0.3) is 0 Å². The average Bonchev–Trinajstić information content (AvgIpc) is 2.44. The first-order chi connectivity index (χ1) is 10.1. The Morgan fingerprint density at radius 1 is 1.14 bits per heavy atom. The highest BCUT2D eigenvalue weighted by atomic mass is 35.5. The van der Waals surface area contributed by atoms with E-state index in [9.17, 15) is 4.39 Å². The lowest BCUT2D eigenvalue weighted by atomic mass is 9.97. The number of rotatable bonds is 6. The van der Waals surface area contributed by atoms with Gasteiger partial charge in [-0.15, -0.1) is 0 Å². The lowest BCUT2D eigenvalue weighted by molar-refractivity contribution is 0.524. The molecule has 21 heavy (non-hydrogen) atoms. The SMILES string of the molecule is CCCNC(Cc1ccc(Cl)cc1)c1cc(C)cc(F)c1. The second-order valence-electron chi connectivity index (χ2n) is 5.40. The highest BCUT2D eigenvalue weighted by Crippen LogP contribution is 2.22. The number of halogens is 2. The number of hydrogen-bond donors (Lipinski definition) is 1. The van der Waals surface area contributed by atoms with Crippen molar-refractivity contribution in [3.8, 4) is 0 Å². The molecule has 0 aliphatic carbocycles. The molecule has 112 valence electrons. The summed E-state index contributed by atoms with van der Waals surface area (Å²) in [5, 5.41) is 4.24. The van der Waals surface area contributed by atoms with Crippen molar-refractivity contribution in [2.24, 2.45) is 0 Å². The van der Waals surface area contributed by atoms with Gasteiger partial charge in [0.2, 0.25) is 0 Å². The minimum atomic E-state index is -0.176. The highest BCUT2D eigenvalue weighted by molar-refractivity contribution is 6.30. The van der Waals surface area contributed by atoms with Crippen LogP contribution in [0.1, 0.15) is 36.1 Å². The van der Waals surface area contributed by atoms with E-state index >= 15 is 0 Å². The average molecular weight is 306 g/mol. The predicted molar refractivity (Wildman–Crippen MR) is 87.3 cm³/mol. The molecule has 0 aliphatic heterocycles. The fraction of sp³-hybridized carbons (Fsp3) is 0.333. The third kappa shape index (κ3) is 4.83. The molecule has 1 N–H and O–H groups in total. The van der Waals surface area contributed by atoms with E-state index in [0.29, 0.717) is 0 Å². The molecule has 1 atom stereocenters. The Morgan fingerprint density at radius 3 is 2.48 bits per heavy atom. The van der Waals surface area contributed by atoms with Gasteiger partial charge in [-0.05, 0) is 67.3 Å². The minimum Gasteiger partial charge on any atom is -0.310 e. The van der Waals surface area contributed by atoms with E-state index in [1.54, 1.807) is 12.1 Å². The largest absolute Gasteiger partial charge is 0.310 e. The van der Waals surface area contributed by atoms with E-state index in [-0.39, 0.29) is 11.9 Å². The van der Waals surface area contributed by atoms with Gasteiger partial charge in [-0.25, -0.2) is 4.39 Å². The van der Waals surface area contributed by atoms with Crippen molar-refractivity contribution in [1.29, 1.82) is 0 Å². The van der Waals surface area contributed by atoms with E-state index in [0.717, 1.165) is 35.5 Å². The van der Waals surface area contributed by atoms with Crippen molar-refractivity contribution < 1.29 is 4.39 Å². The van der Waals surface area contributed by atoms with Gasteiger partial charge in [0.15, 0.2) is 0 Å². The molecule has 0 amide bonds. The minimum absolute atomic E-state index is 0.112. The van der Waals surface area contributed by atoms with E-state index < -0.39 is 0 Å². The van der Waals surface area contributed by atoms with Gasteiger partial charge < -0.3 is 5.32 Å². The molecule has 1 unspecified atom stereocenters. The zero-order valence-corrected chi connectivity index (χ0v) is 13.3. The first-order valence-corrected chi connectivity index (χ1v) is 7.71. The monoisotopic (exact) mass is 305 g/mol. The van der Waals surface area contributed by atoms with Crippen LogP contribution in [0, 0.1) is 12.7 Å². The molecule has 2 rings (SSSR count). The van der Waals surface area contributed by atoms with Crippen LogP contribution in [0.2, 0.25) is 5.02 Å². The molecule has 0 spiro atoms. The fourth-order valence-electron chi connectivity index (χ4n) is 2.45. The zero-order valence-electron chi connectivity index (χ0n) is 12.5. The molecular weight excluding hydrogens is 285 g/mol. The van der Waals surface area contributed by atoms with E-state index in [2.05, 4.69) is 12.2 Å². The number of aryl methyl sites for hydroxylation is 1. The molecule has 0 bridgehead atoms. The summed E-state index contributed by atoms with van der Waals surface area (Å²) in [4.78, 5) is 0. The maximum atomic E-state index is 13.7. The van der Waals surface area contributed by atoms with Gasteiger partial charge in [-0.3, -0.25) is 0 Å². The van der Waals surface area contributed by atoms with Crippen LogP contribution in [0.4, 0.5) is 4.39 Å². The second kappa shape index (κ2) is 7.58. The molecule has 3 heteroatoms. The normalized spacial score (nSPS) is 12.4. The third-order valence-electron chi connectivity index (χ3n) is 3.46. The molecule has 0 saturated carbocycles. The zero-order chi connectivity index (χ0) is 15.2. The first kappa shape index (κ1) is 16.0. The molecule has 0 heterocycles. The molecule has 1 nitrogen and oxygen atoms in total. The quantitative estimate of drug-likeness (QED) is 0.785. The summed E-state index contributed by atoms with van der Waals surface area (Å²) >= 11 is 5.93. The highest BCUT2D eigenvalue weighted by Gasteiger charge is 2.13. The van der Waals surface area contributed by atoms with Crippen LogP contribution in [-0.2, 0) is 6.42 Å². The van der Waals surface area contributed by atoms with Crippen molar-refractivity contribution in [3.05, 3.63) is 70.0 Å².